The molecular weight excluding hydrogens is 272 g/mol. The fourth-order valence-electron chi connectivity index (χ4n) is 1.91. The molecule has 5 nitrogen and oxygen atoms in total. The number of hydrogen-bond donors (Lipinski definition) is 2. The molecule has 0 amide bonds. The van der Waals surface area contributed by atoms with Gasteiger partial charge in [0.05, 0.1) is 6.61 Å². The Bertz CT molecular complexity index is 755. The van der Waals surface area contributed by atoms with Crippen LogP contribution in [-0.4, -0.2) is 23.4 Å². The molecule has 2 rings (SSSR count). The van der Waals surface area contributed by atoms with Crippen LogP contribution in [0.15, 0.2) is 45.6 Å². The van der Waals surface area contributed by atoms with Crippen molar-refractivity contribution in [1.82, 2.24) is 0 Å². The van der Waals surface area contributed by atoms with Gasteiger partial charge in [0.1, 0.15) is 34.6 Å². The van der Waals surface area contributed by atoms with E-state index in [0.29, 0.717) is 16.7 Å². The van der Waals surface area contributed by atoms with Crippen LogP contribution in [0.25, 0.3) is 17.0 Å². The summed E-state index contributed by atoms with van der Waals surface area (Å²) in [6.07, 6.45) is 3.06. The number of aromatic hydroxyl groups is 1. The maximum absolute atomic E-state index is 11.9. The van der Waals surface area contributed by atoms with Gasteiger partial charge in [-0.2, -0.15) is 0 Å². The largest absolute Gasteiger partial charge is 0.506 e. The molecule has 2 aromatic rings. The Morgan fingerprint density at radius 1 is 1.48 bits per heavy atom. The molecular formula is C16H16O5. The van der Waals surface area contributed by atoms with Gasteiger partial charge in [-0.15, -0.1) is 0 Å². The smallest absolute Gasteiger partial charge is 0.347 e. The van der Waals surface area contributed by atoms with Crippen molar-refractivity contribution < 1.29 is 19.4 Å². The van der Waals surface area contributed by atoms with E-state index in [0.717, 1.165) is 0 Å². The second-order valence-electron chi connectivity index (χ2n) is 4.45. The monoisotopic (exact) mass is 288 g/mol. The lowest BCUT2D eigenvalue weighted by molar-refractivity contribution is 0.202. The fraction of sp³-hybridized carbons (Fsp3) is 0.188. The molecule has 21 heavy (non-hydrogen) atoms. The molecule has 2 N–H and O–H groups in total. The summed E-state index contributed by atoms with van der Waals surface area (Å²) in [5, 5.41) is 19.5. The number of aliphatic hydroxyl groups excluding tert-OH is 1. The van der Waals surface area contributed by atoms with Crippen LogP contribution in [0.2, 0.25) is 0 Å². The topological polar surface area (TPSA) is 79.9 Å². The molecule has 1 heterocycles. The highest BCUT2D eigenvalue weighted by Gasteiger charge is 2.16. The number of fused-ring (bicyclic) bond motifs is 1. The van der Waals surface area contributed by atoms with Gasteiger partial charge < -0.3 is 19.4 Å². The van der Waals surface area contributed by atoms with Gasteiger partial charge in [-0.25, -0.2) is 4.79 Å². The van der Waals surface area contributed by atoms with Crippen molar-refractivity contribution in [2.45, 2.75) is 6.92 Å². The van der Waals surface area contributed by atoms with Gasteiger partial charge in [0, 0.05) is 0 Å². The fourth-order valence-corrected chi connectivity index (χ4v) is 1.91. The molecule has 0 saturated carbocycles. The minimum absolute atomic E-state index is 0.0416. The molecule has 0 saturated heterocycles. The maximum atomic E-state index is 11.9. The minimum Gasteiger partial charge on any atom is -0.506 e. The van der Waals surface area contributed by atoms with E-state index in [1.165, 1.54) is 6.08 Å². The van der Waals surface area contributed by atoms with Crippen molar-refractivity contribution in [2.75, 3.05) is 13.2 Å². The molecule has 110 valence electrons. The summed E-state index contributed by atoms with van der Waals surface area (Å²) >= 11 is 0. The zero-order valence-electron chi connectivity index (χ0n) is 11.6. The average molecular weight is 288 g/mol. The van der Waals surface area contributed by atoms with Gasteiger partial charge in [-0.3, -0.25) is 0 Å². The zero-order chi connectivity index (χ0) is 15.4. The van der Waals surface area contributed by atoms with Crippen LogP contribution in [0.4, 0.5) is 0 Å². The number of rotatable bonds is 5. The van der Waals surface area contributed by atoms with E-state index in [9.17, 15) is 9.90 Å². The normalized spacial score (nSPS) is 11.6. The Balaban J connectivity index is 2.73. The molecule has 0 bridgehead atoms. The quantitative estimate of drug-likeness (QED) is 0.652. The van der Waals surface area contributed by atoms with Gasteiger partial charge in [0.25, 0.3) is 0 Å². The number of hydrogen-bond acceptors (Lipinski definition) is 5. The Kier molecular flexibility index (Phi) is 4.45. The van der Waals surface area contributed by atoms with E-state index >= 15 is 0 Å². The van der Waals surface area contributed by atoms with Crippen molar-refractivity contribution in [1.29, 1.82) is 0 Å². The van der Waals surface area contributed by atoms with E-state index in [2.05, 4.69) is 6.58 Å². The van der Waals surface area contributed by atoms with E-state index in [1.54, 1.807) is 31.2 Å². The summed E-state index contributed by atoms with van der Waals surface area (Å²) < 4.78 is 10.6. The van der Waals surface area contributed by atoms with E-state index in [-0.39, 0.29) is 30.1 Å². The second-order valence-corrected chi connectivity index (χ2v) is 4.45. The Labute approximate surface area is 121 Å². The number of benzene rings is 1. The van der Waals surface area contributed by atoms with Crippen molar-refractivity contribution in [3.05, 3.63) is 52.4 Å². The van der Waals surface area contributed by atoms with Gasteiger partial charge in [0.2, 0.25) is 0 Å². The van der Waals surface area contributed by atoms with Crippen LogP contribution in [0.3, 0.4) is 0 Å². The standard InChI is InChI=1S/C16H16O5/c1-3-10(2)9-11-15(18)14-12(20-8-7-17)5-4-6-13(14)21-16(11)19/h3-6,9,17-18H,1,7-8H2,2H3. The van der Waals surface area contributed by atoms with Crippen molar-refractivity contribution in [3.8, 4) is 11.5 Å². The lowest BCUT2D eigenvalue weighted by atomic mass is 10.1. The summed E-state index contributed by atoms with van der Waals surface area (Å²) in [5.41, 5.74) is 0.340. The SMILES string of the molecule is C=CC(C)=Cc1c(O)c2c(OCCO)cccc2oc1=O. The third-order valence-electron chi connectivity index (χ3n) is 2.95. The molecule has 0 radical (unpaired) electrons. The van der Waals surface area contributed by atoms with Gasteiger partial charge in [-0.05, 0) is 25.1 Å². The van der Waals surface area contributed by atoms with Crippen molar-refractivity contribution in [2.24, 2.45) is 0 Å². The second kappa shape index (κ2) is 6.28. The molecule has 0 aliphatic rings. The average Bonchev–Trinajstić information content (AvgIpc) is 2.48. The molecule has 1 aromatic carbocycles. The highest BCUT2D eigenvalue weighted by molar-refractivity contribution is 5.92. The van der Waals surface area contributed by atoms with Crippen LogP contribution in [0, 0.1) is 0 Å². The molecule has 0 atom stereocenters. The van der Waals surface area contributed by atoms with E-state index in [4.69, 9.17) is 14.3 Å². The first kappa shape index (κ1) is 14.9. The minimum atomic E-state index is -0.638. The first-order valence-corrected chi connectivity index (χ1v) is 6.41. The predicted octanol–water partition coefficient (Wildman–Crippen LogP) is 2.46. The summed E-state index contributed by atoms with van der Waals surface area (Å²) in [5.74, 6) is 0.129. The predicted molar refractivity (Wildman–Crippen MR) is 80.6 cm³/mol. The molecule has 0 spiro atoms. The van der Waals surface area contributed by atoms with Gasteiger partial charge >= 0.3 is 5.63 Å². The summed E-state index contributed by atoms with van der Waals surface area (Å²) in [7, 11) is 0. The van der Waals surface area contributed by atoms with Crippen LogP contribution < -0.4 is 10.4 Å². The lowest BCUT2D eigenvalue weighted by Crippen LogP contribution is -2.06. The van der Waals surface area contributed by atoms with E-state index < -0.39 is 5.63 Å². The maximum Gasteiger partial charge on any atom is 0.347 e. The van der Waals surface area contributed by atoms with Crippen LogP contribution in [-0.2, 0) is 0 Å². The summed E-state index contributed by atoms with van der Waals surface area (Å²) in [4.78, 5) is 11.9. The Morgan fingerprint density at radius 2 is 2.24 bits per heavy atom. The van der Waals surface area contributed by atoms with Gasteiger partial charge in [0.15, 0.2) is 0 Å². The highest BCUT2D eigenvalue weighted by atomic mass is 16.5. The molecule has 5 heteroatoms. The van der Waals surface area contributed by atoms with Crippen LogP contribution >= 0.6 is 0 Å². The molecule has 1 aromatic heterocycles. The number of allylic oxidation sites excluding steroid dienone is 2. The summed E-state index contributed by atoms with van der Waals surface area (Å²) in [6, 6.07) is 4.84. The van der Waals surface area contributed by atoms with Crippen molar-refractivity contribution in [3.63, 3.8) is 0 Å². The molecule has 0 aliphatic carbocycles. The Hall–Kier alpha value is -2.53. The van der Waals surface area contributed by atoms with E-state index in [1.807, 2.05) is 0 Å². The van der Waals surface area contributed by atoms with Crippen LogP contribution in [0.1, 0.15) is 12.5 Å². The number of aliphatic hydroxyl groups is 1. The molecule has 0 aliphatic heterocycles. The third kappa shape index (κ3) is 2.98. The van der Waals surface area contributed by atoms with Crippen LogP contribution in [0.5, 0.6) is 11.5 Å². The van der Waals surface area contributed by atoms with Gasteiger partial charge in [-0.1, -0.05) is 24.3 Å². The Morgan fingerprint density at radius 3 is 2.90 bits per heavy atom. The molecule has 0 unspecified atom stereocenters. The summed E-state index contributed by atoms with van der Waals surface area (Å²) in [6.45, 7) is 5.28. The molecule has 0 fully saturated rings. The lowest BCUT2D eigenvalue weighted by Gasteiger charge is -2.10. The first-order chi connectivity index (χ1) is 10.1. The van der Waals surface area contributed by atoms with Crippen molar-refractivity contribution >= 4 is 17.0 Å². The zero-order valence-corrected chi connectivity index (χ0v) is 11.6. The number of ether oxygens (including phenoxy) is 1. The third-order valence-corrected chi connectivity index (χ3v) is 2.95. The highest BCUT2D eigenvalue weighted by Crippen LogP contribution is 2.35. The first-order valence-electron chi connectivity index (χ1n) is 6.41.